The van der Waals surface area contributed by atoms with Gasteiger partial charge in [-0.15, -0.1) is 11.3 Å². The largest absolute Gasteiger partial charge is 0.323 e. The lowest BCUT2D eigenvalue weighted by molar-refractivity contribution is 0.221. The van der Waals surface area contributed by atoms with Gasteiger partial charge in [0.1, 0.15) is 0 Å². The maximum Gasteiger partial charge on any atom is 0.323 e. The van der Waals surface area contributed by atoms with Crippen molar-refractivity contribution in [3.63, 3.8) is 0 Å². The second kappa shape index (κ2) is 5.22. The first-order chi connectivity index (χ1) is 8.56. The van der Waals surface area contributed by atoms with E-state index in [4.69, 9.17) is 0 Å². The molecular formula is C12H16N4OS. The standard InChI is InChI=1S/C12H16N4OS/c1-9-5-7-18-10(9)8-15(2)12(17)13-11-4-6-16(3)14-11/h4-7H,8H2,1-3H3,(H,13,14,17). The predicted octanol–water partition coefficient (Wildman–Crippen LogP) is 2.45. The van der Waals surface area contributed by atoms with Crippen LogP contribution in [0.1, 0.15) is 10.4 Å². The number of carbonyl (C=O) groups is 1. The fourth-order valence-corrected chi connectivity index (χ4v) is 2.50. The summed E-state index contributed by atoms with van der Waals surface area (Å²) in [5.41, 5.74) is 1.22. The van der Waals surface area contributed by atoms with Gasteiger partial charge in [-0.25, -0.2) is 4.79 Å². The van der Waals surface area contributed by atoms with Crippen molar-refractivity contribution in [1.82, 2.24) is 14.7 Å². The van der Waals surface area contributed by atoms with E-state index in [2.05, 4.69) is 23.4 Å². The minimum absolute atomic E-state index is 0.151. The Hall–Kier alpha value is -1.82. The summed E-state index contributed by atoms with van der Waals surface area (Å²) in [6, 6.07) is 3.67. The molecule has 2 rings (SSSR count). The molecule has 1 N–H and O–H groups in total. The van der Waals surface area contributed by atoms with Crippen LogP contribution >= 0.6 is 11.3 Å². The molecule has 0 spiro atoms. The van der Waals surface area contributed by atoms with Crippen molar-refractivity contribution in [2.24, 2.45) is 7.05 Å². The van der Waals surface area contributed by atoms with E-state index >= 15 is 0 Å². The minimum atomic E-state index is -0.151. The van der Waals surface area contributed by atoms with Gasteiger partial charge in [0.15, 0.2) is 5.82 Å². The first kappa shape index (κ1) is 12.6. The molecule has 2 aromatic heterocycles. The highest BCUT2D eigenvalue weighted by Gasteiger charge is 2.12. The van der Waals surface area contributed by atoms with Crippen molar-refractivity contribution >= 4 is 23.2 Å². The van der Waals surface area contributed by atoms with Crippen LogP contribution < -0.4 is 5.32 Å². The molecule has 18 heavy (non-hydrogen) atoms. The van der Waals surface area contributed by atoms with Crippen molar-refractivity contribution in [1.29, 1.82) is 0 Å². The molecule has 0 atom stereocenters. The minimum Gasteiger partial charge on any atom is -0.322 e. The molecule has 0 aromatic carbocycles. The molecule has 2 heterocycles. The van der Waals surface area contributed by atoms with E-state index in [1.165, 1.54) is 10.4 Å². The number of aryl methyl sites for hydroxylation is 2. The van der Waals surface area contributed by atoms with Crippen LogP contribution in [0.25, 0.3) is 0 Å². The summed E-state index contributed by atoms with van der Waals surface area (Å²) in [6.45, 7) is 2.67. The van der Waals surface area contributed by atoms with Gasteiger partial charge < -0.3 is 4.90 Å². The number of nitrogens with zero attached hydrogens (tertiary/aromatic N) is 3. The monoisotopic (exact) mass is 264 g/mol. The summed E-state index contributed by atoms with van der Waals surface area (Å²) >= 11 is 1.66. The Morgan fingerprint density at radius 1 is 1.56 bits per heavy atom. The van der Waals surface area contributed by atoms with Crippen molar-refractivity contribution in [3.05, 3.63) is 34.2 Å². The zero-order valence-electron chi connectivity index (χ0n) is 10.7. The predicted molar refractivity (Wildman–Crippen MR) is 72.7 cm³/mol. The summed E-state index contributed by atoms with van der Waals surface area (Å²) in [5.74, 6) is 0.567. The van der Waals surface area contributed by atoms with E-state index in [9.17, 15) is 4.79 Å². The number of thiophene rings is 1. The second-order valence-electron chi connectivity index (χ2n) is 4.19. The van der Waals surface area contributed by atoms with Gasteiger partial charge in [0.2, 0.25) is 0 Å². The molecular weight excluding hydrogens is 248 g/mol. The Balaban J connectivity index is 1.95. The Kier molecular flexibility index (Phi) is 3.66. The third kappa shape index (κ3) is 2.89. The molecule has 0 fully saturated rings. The number of urea groups is 1. The molecule has 0 aliphatic carbocycles. The first-order valence-electron chi connectivity index (χ1n) is 5.61. The van der Waals surface area contributed by atoms with Crippen molar-refractivity contribution in [2.75, 3.05) is 12.4 Å². The van der Waals surface area contributed by atoms with E-state index in [1.807, 2.05) is 12.4 Å². The van der Waals surface area contributed by atoms with E-state index in [0.717, 1.165) is 0 Å². The van der Waals surface area contributed by atoms with Crippen LogP contribution in [-0.2, 0) is 13.6 Å². The Morgan fingerprint density at radius 2 is 2.33 bits per heavy atom. The normalized spacial score (nSPS) is 10.4. The number of anilines is 1. The van der Waals surface area contributed by atoms with Crippen LogP contribution in [0.2, 0.25) is 0 Å². The molecule has 0 saturated heterocycles. The third-order valence-corrected chi connectivity index (χ3v) is 3.65. The quantitative estimate of drug-likeness (QED) is 0.925. The molecule has 0 aliphatic heterocycles. The maximum atomic E-state index is 11.9. The average molecular weight is 264 g/mol. The number of carbonyl (C=O) groups excluding carboxylic acids is 1. The van der Waals surface area contributed by atoms with E-state index in [1.54, 1.807) is 40.2 Å². The number of hydrogen-bond acceptors (Lipinski definition) is 3. The molecule has 0 aliphatic rings. The number of aromatic nitrogens is 2. The number of nitrogens with one attached hydrogen (secondary N) is 1. The molecule has 96 valence electrons. The number of rotatable bonds is 3. The average Bonchev–Trinajstić information content (AvgIpc) is 2.89. The molecule has 0 unspecified atom stereocenters. The molecule has 6 heteroatoms. The Bertz CT molecular complexity index is 546. The smallest absolute Gasteiger partial charge is 0.322 e. The summed E-state index contributed by atoms with van der Waals surface area (Å²) in [4.78, 5) is 14.8. The Morgan fingerprint density at radius 3 is 2.89 bits per heavy atom. The highest BCUT2D eigenvalue weighted by molar-refractivity contribution is 7.10. The van der Waals surface area contributed by atoms with Gasteiger partial charge in [-0.3, -0.25) is 10.00 Å². The molecule has 0 bridgehead atoms. The maximum absolute atomic E-state index is 11.9. The SMILES string of the molecule is Cc1ccsc1CN(C)C(=O)Nc1ccn(C)n1. The fourth-order valence-electron chi connectivity index (χ4n) is 1.54. The second-order valence-corrected chi connectivity index (χ2v) is 5.19. The third-order valence-electron chi connectivity index (χ3n) is 2.64. The van der Waals surface area contributed by atoms with Crippen molar-refractivity contribution in [2.45, 2.75) is 13.5 Å². The van der Waals surface area contributed by atoms with Crippen molar-refractivity contribution in [3.8, 4) is 0 Å². The molecule has 0 saturated carbocycles. The fraction of sp³-hybridized carbons (Fsp3) is 0.333. The lowest BCUT2D eigenvalue weighted by Gasteiger charge is -2.16. The van der Waals surface area contributed by atoms with Crippen LogP contribution in [-0.4, -0.2) is 27.8 Å². The van der Waals surface area contributed by atoms with Gasteiger partial charge >= 0.3 is 6.03 Å². The van der Waals surface area contributed by atoms with Crippen LogP contribution in [0.3, 0.4) is 0 Å². The number of amides is 2. The molecule has 5 nitrogen and oxygen atoms in total. The highest BCUT2D eigenvalue weighted by atomic mass is 32.1. The summed E-state index contributed by atoms with van der Waals surface area (Å²) in [6.07, 6.45) is 1.79. The summed E-state index contributed by atoms with van der Waals surface area (Å²) in [5, 5.41) is 8.90. The lowest BCUT2D eigenvalue weighted by Crippen LogP contribution is -2.30. The van der Waals surface area contributed by atoms with Gasteiger partial charge in [0.05, 0.1) is 6.54 Å². The van der Waals surface area contributed by atoms with Crippen molar-refractivity contribution < 1.29 is 4.79 Å². The van der Waals surface area contributed by atoms with Crippen LogP contribution in [0.15, 0.2) is 23.7 Å². The first-order valence-corrected chi connectivity index (χ1v) is 6.49. The van der Waals surface area contributed by atoms with E-state index < -0.39 is 0 Å². The van der Waals surface area contributed by atoms with Gasteiger partial charge in [-0.05, 0) is 23.9 Å². The van der Waals surface area contributed by atoms with E-state index in [0.29, 0.717) is 12.4 Å². The zero-order chi connectivity index (χ0) is 13.1. The topological polar surface area (TPSA) is 50.2 Å². The summed E-state index contributed by atoms with van der Waals surface area (Å²) in [7, 11) is 3.59. The van der Waals surface area contributed by atoms with Crippen LogP contribution in [0, 0.1) is 6.92 Å². The lowest BCUT2D eigenvalue weighted by atomic mass is 10.3. The van der Waals surface area contributed by atoms with Crippen LogP contribution in [0.4, 0.5) is 10.6 Å². The van der Waals surface area contributed by atoms with Gasteiger partial charge in [-0.2, -0.15) is 5.10 Å². The molecule has 2 aromatic rings. The highest BCUT2D eigenvalue weighted by Crippen LogP contribution is 2.17. The van der Waals surface area contributed by atoms with Gasteiger partial charge in [0.25, 0.3) is 0 Å². The van der Waals surface area contributed by atoms with Gasteiger partial charge in [0, 0.05) is 31.2 Å². The molecule has 2 amide bonds. The van der Waals surface area contributed by atoms with Gasteiger partial charge in [-0.1, -0.05) is 0 Å². The van der Waals surface area contributed by atoms with Crippen LogP contribution in [0.5, 0.6) is 0 Å². The Labute approximate surface area is 110 Å². The number of hydrogen-bond donors (Lipinski definition) is 1. The summed E-state index contributed by atoms with van der Waals surface area (Å²) < 4.78 is 1.65. The zero-order valence-corrected chi connectivity index (χ0v) is 11.5. The molecule has 0 radical (unpaired) electrons. The van der Waals surface area contributed by atoms with E-state index in [-0.39, 0.29) is 6.03 Å².